The number of piperidine rings is 1. The number of hydrogen-bond acceptors (Lipinski definition) is 2. The van der Waals surface area contributed by atoms with Crippen molar-refractivity contribution < 1.29 is 4.79 Å². The monoisotopic (exact) mass is 257 g/mol. The molecule has 0 atom stereocenters. The lowest BCUT2D eigenvalue weighted by Gasteiger charge is -2.34. The van der Waals surface area contributed by atoms with Crippen LogP contribution >= 0.6 is 0 Å². The van der Waals surface area contributed by atoms with Crippen LogP contribution in [0.1, 0.15) is 25.3 Å². The molecule has 1 fully saturated rings. The molecular weight excluding hydrogens is 238 g/mol. The second-order valence-electron chi connectivity index (χ2n) is 5.46. The number of aryl methyl sites for hydroxylation is 1. The zero-order chi connectivity index (χ0) is 13.9. The molecule has 1 heterocycles. The van der Waals surface area contributed by atoms with Crippen LogP contribution in [0.5, 0.6) is 0 Å². The number of nitrogens with one attached hydrogen (secondary N) is 1. The summed E-state index contributed by atoms with van der Waals surface area (Å²) in [6.45, 7) is 5.24. The number of carbonyl (C=O) groups is 1. The number of amides is 2. The van der Waals surface area contributed by atoms with Crippen LogP contribution < -0.4 is 5.32 Å². The van der Waals surface area contributed by atoms with Crippen LogP contribution in [0.2, 0.25) is 0 Å². The van der Waals surface area contributed by atoms with E-state index >= 15 is 0 Å². The van der Waals surface area contributed by atoms with E-state index in [0.29, 0.717) is 13.1 Å². The number of likely N-dealkylation sites (tertiary alicyclic amines) is 1. The van der Waals surface area contributed by atoms with Crippen molar-refractivity contribution in [2.45, 2.75) is 26.7 Å². The molecular formula is C15H19N3O. The first-order valence-corrected chi connectivity index (χ1v) is 6.56. The van der Waals surface area contributed by atoms with Gasteiger partial charge in [0, 0.05) is 18.8 Å². The summed E-state index contributed by atoms with van der Waals surface area (Å²) >= 11 is 0. The molecule has 0 unspecified atom stereocenters. The van der Waals surface area contributed by atoms with Gasteiger partial charge in [-0.1, -0.05) is 12.1 Å². The van der Waals surface area contributed by atoms with Gasteiger partial charge in [-0.15, -0.1) is 0 Å². The Morgan fingerprint density at radius 1 is 1.42 bits per heavy atom. The predicted octanol–water partition coefficient (Wildman–Crippen LogP) is 3.15. The molecule has 0 aliphatic carbocycles. The number of carbonyl (C=O) groups excluding carboxylic acids is 1. The van der Waals surface area contributed by atoms with Crippen LogP contribution in [0.4, 0.5) is 10.5 Å². The fourth-order valence-electron chi connectivity index (χ4n) is 2.24. The fourth-order valence-corrected chi connectivity index (χ4v) is 2.24. The lowest BCUT2D eigenvalue weighted by Crippen LogP contribution is -2.43. The molecule has 4 nitrogen and oxygen atoms in total. The second-order valence-corrected chi connectivity index (χ2v) is 5.46. The molecule has 0 saturated carbocycles. The summed E-state index contributed by atoms with van der Waals surface area (Å²) in [5.74, 6) is 0. The first-order chi connectivity index (χ1) is 9.02. The van der Waals surface area contributed by atoms with Gasteiger partial charge >= 0.3 is 6.03 Å². The molecule has 4 heteroatoms. The minimum Gasteiger partial charge on any atom is -0.324 e. The molecule has 19 heavy (non-hydrogen) atoms. The number of rotatable bonds is 1. The molecule has 0 radical (unpaired) electrons. The smallest absolute Gasteiger partial charge is 0.321 e. The highest BCUT2D eigenvalue weighted by Gasteiger charge is 2.31. The van der Waals surface area contributed by atoms with Crippen LogP contribution in [-0.2, 0) is 0 Å². The maximum atomic E-state index is 12.1. The van der Waals surface area contributed by atoms with Crippen molar-refractivity contribution in [2.24, 2.45) is 5.41 Å². The van der Waals surface area contributed by atoms with Gasteiger partial charge in [0.25, 0.3) is 0 Å². The number of urea groups is 1. The van der Waals surface area contributed by atoms with E-state index in [4.69, 9.17) is 5.26 Å². The Bertz CT molecular complexity index is 510. The minimum atomic E-state index is -0.278. The molecule has 2 amide bonds. The lowest BCUT2D eigenvalue weighted by atomic mass is 9.82. The highest BCUT2D eigenvalue weighted by Crippen LogP contribution is 2.29. The van der Waals surface area contributed by atoms with Gasteiger partial charge < -0.3 is 10.2 Å². The summed E-state index contributed by atoms with van der Waals surface area (Å²) in [5.41, 5.74) is 1.66. The van der Waals surface area contributed by atoms with Crippen molar-refractivity contribution in [3.8, 4) is 6.07 Å². The normalized spacial score (nSPS) is 17.6. The summed E-state index contributed by atoms with van der Waals surface area (Å²) in [4.78, 5) is 13.9. The highest BCUT2D eigenvalue weighted by molar-refractivity contribution is 5.89. The van der Waals surface area contributed by atoms with Gasteiger partial charge in [0.1, 0.15) is 0 Å². The Hall–Kier alpha value is -2.02. The van der Waals surface area contributed by atoms with Crippen molar-refractivity contribution in [1.82, 2.24) is 4.90 Å². The van der Waals surface area contributed by atoms with Crippen LogP contribution in [0, 0.1) is 23.7 Å². The Kier molecular flexibility index (Phi) is 3.75. The zero-order valence-electron chi connectivity index (χ0n) is 11.4. The molecule has 1 aliphatic heterocycles. The average Bonchev–Trinajstić information content (AvgIpc) is 2.39. The molecule has 1 aromatic rings. The lowest BCUT2D eigenvalue weighted by molar-refractivity contribution is 0.166. The van der Waals surface area contributed by atoms with E-state index in [2.05, 4.69) is 11.4 Å². The summed E-state index contributed by atoms with van der Waals surface area (Å²) in [6.07, 6.45) is 1.48. The quantitative estimate of drug-likeness (QED) is 0.840. The summed E-state index contributed by atoms with van der Waals surface area (Å²) < 4.78 is 0. The molecule has 0 bridgehead atoms. The molecule has 1 aromatic carbocycles. The first kappa shape index (κ1) is 13.4. The molecule has 1 saturated heterocycles. The molecule has 2 rings (SSSR count). The number of benzene rings is 1. The Morgan fingerprint density at radius 3 is 2.68 bits per heavy atom. The molecule has 1 aliphatic rings. The van der Waals surface area contributed by atoms with Gasteiger partial charge in [0.2, 0.25) is 0 Å². The molecule has 1 N–H and O–H groups in total. The van der Waals surface area contributed by atoms with Gasteiger partial charge in [-0.05, 0) is 44.4 Å². The van der Waals surface area contributed by atoms with E-state index in [-0.39, 0.29) is 11.4 Å². The maximum absolute atomic E-state index is 12.1. The highest BCUT2D eigenvalue weighted by atomic mass is 16.2. The number of nitrogens with zero attached hydrogens (tertiary/aromatic N) is 2. The van der Waals surface area contributed by atoms with Gasteiger partial charge in [0.05, 0.1) is 11.5 Å². The topological polar surface area (TPSA) is 56.1 Å². The Labute approximate surface area is 114 Å². The molecule has 0 aromatic heterocycles. The van der Waals surface area contributed by atoms with Crippen molar-refractivity contribution >= 4 is 11.7 Å². The van der Waals surface area contributed by atoms with Crippen LogP contribution in [-0.4, -0.2) is 24.0 Å². The minimum absolute atomic E-state index is 0.0782. The second kappa shape index (κ2) is 5.31. The van der Waals surface area contributed by atoms with Crippen LogP contribution in [0.3, 0.4) is 0 Å². The zero-order valence-corrected chi connectivity index (χ0v) is 11.4. The van der Waals surface area contributed by atoms with Gasteiger partial charge in [-0.2, -0.15) is 5.26 Å². The van der Waals surface area contributed by atoms with Crippen molar-refractivity contribution in [1.29, 1.82) is 5.26 Å². The van der Waals surface area contributed by atoms with E-state index in [9.17, 15) is 4.79 Å². The largest absolute Gasteiger partial charge is 0.324 e. The molecule has 0 spiro atoms. The fraction of sp³-hybridized carbons (Fsp3) is 0.467. The van der Waals surface area contributed by atoms with E-state index in [1.165, 1.54) is 0 Å². The van der Waals surface area contributed by atoms with Gasteiger partial charge in [0.15, 0.2) is 0 Å². The Morgan fingerprint density at radius 2 is 2.11 bits per heavy atom. The predicted molar refractivity (Wildman–Crippen MR) is 74.7 cm³/mol. The standard InChI is InChI=1S/C15H19N3O/c1-12-4-3-5-13(10-12)17-14(19)18-8-6-15(2,11-16)7-9-18/h3-5,10H,6-9H2,1-2H3,(H,17,19). The first-order valence-electron chi connectivity index (χ1n) is 6.56. The number of nitriles is 1. The van der Waals surface area contributed by atoms with E-state index < -0.39 is 0 Å². The number of anilines is 1. The van der Waals surface area contributed by atoms with E-state index in [1.54, 1.807) is 4.90 Å². The van der Waals surface area contributed by atoms with Gasteiger partial charge in [-0.3, -0.25) is 0 Å². The third-order valence-corrected chi connectivity index (χ3v) is 3.69. The SMILES string of the molecule is Cc1cccc(NC(=O)N2CCC(C)(C#N)CC2)c1. The summed E-state index contributed by atoms with van der Waals surface area (Å²) in [5, 5.41) is 12.0. The van der Waals surface area contributed by atoms with Crippen molar-refractivity contribution in [3.05, 3.63) is 29.8 Å². The number of hydrogen-bond donors (Lipinski definition) is 1. The average molecular weight is 257 g/mol. The van der Waals surface area contributed by atoms with Crippen LogP contribution in [0.15, 0.2) is 24.3 Å². The van der Waals surface area contributed by atoms with E-state index in [0.717, 1.165) is 24.1 Å². The van der Waals surface area contributed by atoms with E-state index in [1.807, 2.05) is 38.1 Å². The third kappa shape index (κ3) is 3.25. The van der Waals surface area contributed by atoms with Crippen molar-refractivity contribution in [3.63, 3.8) is 0 Å². The maximum Gasteiger partial charge on any atom is 0.321 e. The summed E-state index contributed by atoms with van der Waals surface area (Å²) in [6, 6.07) is 10.0. The summed E-state index contributed by atoms with van der Waals surface area (Å²) in [7, 11) is 0. The van der Waals surface area contributed by atoms with Crippen molar-refractivity contribution in [2.75, 3.05) is 18.4 Å². The van der Waals surface area contributed by atoms with Gasteiger partial charge in [-0.25, -0.2) is 4.79 Å². The van der Waals surface area contributed by atoms with Crippen LogP contribution in [0.25, 0.3) is 0 Å². The molecule has 100 valence electrons. The third-order valence-electron chi connectivity index (χ3n) is 3.69. The Balaban J connectivity index is 1.94.